The fourth-order valence-electron chi connectivity index (χ4n) is 2.85. The summed E-state index contributed by atoms with van der Waals surface area (Å²) >= 11 is 0. The van der Waals surface area contributed by atoms with Gasteiger partial charge < -0.3 is 14.7 Å². The topological polar surface area (TPSA) is 75.5 Å². The average Bonchev–Trinajstić information content (AvgIpc) is 2.79. The zero-order valence-corrected chi connectivity index (χ0v) is 17.9. The zero-order valence-electron chi connectivity index (χ0n) is 15.6. The number of aromatic nitrogens is 2. The van der Waals surface area contributed by atoms with Gasteiger partial charge in [-0.25, -0.2) is 14.8 Å². The molecule has 0 atom stereocenters. The summed E-state index contributed by atoms with van der Waals surface area (Å²) in [6.07, 6.45) is 3.24. The van der Waals surface area contributed by atoms with Crippen molar-refractivity contribution >= 4 is 23.2 Å². The van der Waals surface area contributed by atoms with Crippen LogP contribution in [0.3, 0.4) is 0 Å². The molecule has 0 saturated carbocycles. The Labute approximate surface area is 188 Å². The van der Waals surface area contributed by atoms with Gasteiger partial charge in [0, 0.05) is 39.2 Å². The predicted molar refractivity (Wildman–Crippen MR) is 109 cm³/mol. The van der Waals surface area contributed by atoms with Gasteiger partial charge in [0.05, 0.1) is 5.69 Å². The van der Waals surface area contributed by atoms with Gasteiger partial charge in [-0.15, -0.1) is 6.07 Å². The molecule has 0 amide bonds. The quantitative estimate of drug-likeness (QED) is 0.290. The van der Waals surface area contributed by atoms with Crippen LogP contribution in [0.15, 0.2) is 91.3 Å². The summed E-state index contributed by atoms with van der Waals surface area (Å²) in [6.45, 7) is 0. The summed E-state index contributed by atoms with van der Waals surface area (Å²) in [6, 6.07) is 27.5. The van der Waals surface area contributed by atoms with Gasteiger partial charge in [-0.05, 0) is 42.1 Å². The van der Waals surface area contributed by atoms with Gasteiger partial charge in [-0.1, -0.05) is 24.3 Å². The van der Waals surface area contributed by atoms with E-state index in [-0.39, 0.29) is 26.8 Å². The van der Waals surface area contributed by atoms with E-state index in [1.807, 2.05) is 60.7 Å². The molecular weight excluding hydrogens is 561 g/mol. The number of ether oxygens (including phenoxy) is 1. The zero-order chi connectivity index (χ0) is 20.1. The molecule has 152 valence electrons. The molecule has 2 aromatic carbocycles. The van der Waals surface area contributed by atoms with E-state index in [0.29, 0.717) is 0 Å². The van der Waals surface area contributed by atoms with Crippen LogP contribution in [0.25, 0.3) is 0 Å². The number of fused-ring (bicyclic) bond motifs is 2. The maximum atomic E-state index is 10.1. The second kappa shape index (κ2) is 9.81. The number of nitrogens with zero attached hydrogens (tertiary/aromatic N) is 3. The van der Waals surface area contributed by atoms with Crippen molar-refractivity contribution in [3.05, 3.63) is 103 Å². The van der Waals surface area contributed by atoms with E-state index in [9.17, 15) is 4.79 Å². The molecule has 30 heavy (non-hydrogen) atoms. The van der Waals surface area contributed by atoms with E-state index in [0.717, 1.165) is 28.7 Å². The third kappa shape index (κ3) is 4.55. The minimum Gasteiger partial charge on any atom is -0.513 e. The fourth-order valence-corrected chi connectivity index (χ4v) is 2.85. The molecule has 6 nitrogen and oxygen atoms in total. The molecule has 0 saturated heterocycles. The molecule has 3 heterocycles. The van der Waals surface area contributed by atoms with Crippen LogP contribution in [0.4, 0.5) is 17.2 Å². The molecule has 0 aliphatic carbocycles. The monoisotopic (exact) mass is 577 g/mol. The van der Waals surface area contributed by atoms with Crippen molar-refractivity contribution in [1.82, 2.24) is 9.97 Å². The summed E-state index contributed by atoms with van der Waals surface area (Å²) in [5.74, 6) is 1.48. The van der Waals surface area contributed by atoms with Crippen LogP contribution in [0, 0.1) is 6.07 Å². The third-order valence-corrected chi connectivity index (χ3v) is 4.11. The first kappa shape index (κ1) is 21.2. The largest absolute Gasteiger partial charge is 0.513 e. The van der Waals surface area contributed by atoms with Crippen LogP contribution >= 0.6 is 0 Å². The number of rotatable bonds is 2. The van der Waals surface area contributed by atoms with Crippen molar-refractivity contribution < 1.29 is 35.7 Å². The van der Waals surface area contributed by atoms with Crippen molar-refractivity contribution in [2.24, 2.45) is 0 Å². The Bertz CT molecular complexity index is 1080. The van der Waals surface area contributed by atoms with Crippen molar-refractivity contribution in [2.75, 3.05) is 4.90 Å². The Balaban J connectivity index is 0.000000218. The van der Waals surface area contributed by atoms with Crippen molar-refractivity contribution in [1.29, 1.82) is 0 Å². The number of pyridine rings is 2. The Morgan fingerprint density at radius 2 is 1.57 bits per heavy atom. The molecule has 4 aromatic rings. The van der Waals surface area contributed by atoms with E-state index in [2.05, 4.69) is 20.9 Å². The fraction of sp³-hybridized carbons (Fsp3) is 0. The Morgan fingerprint density at radius 1 is 0.867 bits per heavy atom. The van der Waals surface area contributed by atoms with E-state index in [4.69, 9.17) is 9.84 Å². The first-order chi connectivity index (χ1) is 14.2. The maximum absolute atomic E-state index is 10.1. The van der Waals surface area contributed by atoms with E-state index < -0.39 is 5.97 Å². The van der Waals surface area contributed by atoms with Gasteiger partial charge in [-0.3, -0.25) is 0 Å². The molecular formula is C23H16N3O3Pt-. The Hall–Kier alpha value is -3.50. The summed E-state index contributed by atoms with van der Waals surface area (Å²) in [5.41, 5.74) is 1.93. The minimum atomic E-state index is -0.990. The molecule has 0 fully saturated rings. The first-order valence-corrected chi connectivity index (χ1v) is 8.87. The molecule has 7 heteroatoms. The van der Waals surface area contributed by atoms with E-state index >= 15 is 0 Å². The van der Waals surface area contributed by atoms with Crippen molar-refractivity contribution in [3.63, 3.8) is 0 Å². The smallest absolute Gasteiger partial charge is 0.354 e. The van der Waals surface area contributed by atoms with Gasteiger partial charge in [0.2, 0.25) is 0 Å². The van der Waals surface area contributed by atoms with Crippen LogP contribution in [-0.2, 0) is 21.1 Å². The number of para-hydroxylation sites is 3. The Morgan fingerprint density at radius 3 is 2.23 bits per heavy atom. The van der Waals surface area contributed by atoms with Crippen LogP contribution in [0.2, 0.25) is 0 Å². The summed E-state index contributed by atoms with van der Waals surface area (Å²) in [7, 11) is 0. The van der Waals surface area contributed by atoms with Crippen LogP contribution < -0.4 is 9.64 Å². The standard InChI is InChI=1S/C17H11N2O.C6H5NO2.Pt/c1-3-9-15-13(7-1)19(17-11-5-6-12-18-17)14-8-2-4-10-16(14)20-15;8-6(9)5-3-1-2-4-7-5;/h1-7,9-12H;1-4H,(H,8,9);/q-1;;. The maximum Gasteiger partial charge on any atom is 0.354 e. The summed E-state index contributed by atoms with van der Waals surface area (Å²) in [4.78, 5) is 20.2. The van der Waals surface area contributed by atoms with E-state index in [1.54, 1.807) is 18.3 Å². The van der Waals surface area contributed by atoms with Crippen molar-refractivity contribution in [2.45, 2.75) is 0 Å². The van der Waals surface area contributed by atoms with Gasteiger partial charge >= 0.3 is 5.97 Å². The van der Waals surface area contributed by atoms with Gasteiger partial charge in [0.1, 0.15) is 17.3 Å². The first-order valence-electron chi connectivity index (χ1n) is 8.87. The number of hydrogen-bond donors (Lipinski definition) is 1. The van der Waals surface area contributed by atoms with Crippen LogP contribution in [0.1, 0.15) is 10.5 Å². The van der Waals surface area contributed by atoms with Crippen molar-refractivity contribution in [3.8, 4) is 11.5 Å². The number of carboxylic acid groups (broad SMARTS) is 1. The SMILES string of the molecule is O=C(O)c1ccccn1.[Pt].[c-]1cccc2c1N(c1ccccn1)c1ccccc1O2. The number of hydrogen-bond acceptors (Lipinski definition) is 5. The second-order valence-electron chi connectivity index (χ2n) is 6.00. The summed E-state index contributed by atoms with van der Waals surface area (Å²) < 4.78 is 5.93. The molecule has 1 aliphatic heterocycles. The molecule has 0 spiro atoms. The molecule has 0 radical (unpaired) electrons. The van der Waals surface area contributed by atoms with Crippen LogP contribution in [-0.4, -0.2) is 21.0 Å². The van der Waals surface area contributed by atoms with Crippen LogP contribution in [0.5, 0.6) is 11.5 Å². The number of carboxylic acids is 1. The number of benzene rings is 2. The van der Waals surface area contributed by atoms with Gasteiger partial charge in [0.25, 0.3) is 0 Å². The normalized spacial score (nSPS) is 10.9. The Kier molecular flexibility index (Phi) is 6.94. The third-order valence-electron chi connectivity index (χ3n) is 4.11. The minimum absolute atomic E-state index is 0. The molecule has 2 aromatic heterocycles. The molecule has 0 unspecified atom stereocenters. The number of aromatic carboxylic acids is 1. The van der Waals surface area contributed by atoms with E-state index in [1.165, 1.54) is 12.3 Å². The molecule has 1 aliphatic rings. The molecule has 1 N–H and O–H groups in total. The van der Waals surface area contributed by atoms with Gasteiger partial charge in [-0.2, -0.15) is 18.2 Å². The molecule has 5 rings (SSSR count). The number of carbonyl (C=O) groups is 1. The predicted octanol–water partition coefficient (Wildman–Crippen LogP) is 5.23. The summed E-state index contributed by atoms with van der Waals surface area (Å²) in [5, 5.41) is 8.32. The average molecular weight is 577 g/mol. The van der Waals surface area contributed by atoms with Gasteiger partial charge in [0.15, 0.2) is 0 Å². The number of anilines is 3. The molecule has 0 bridgehead atoms. The second-order valence-corrected chi connectivity index (χ2v) is 6.00.